The summed E-state index contributed by atoms with van der Waals surface area (Å²) < 4.78 is 2.11. The number of thiazole rings is 1. The van der Waals surface area contributed by atoms with Crippen molar-refractivity contribution in [1.29, 1.82) is 5.26 Å². The van der Waals surface area contributed by atoms with Crippen molar-refractivity contribution >= 4 is 16.3 Å². The fourth-order valence-corrected chi connectivity index (χ4v) is 4.06. The van der Waals surface area contributed by atoms with Gasteiger partial charge in [-0.05, 0) is 31.5 Å². The molecule has 0 radical (unpaired) electrons. The molecule has 0 spiro atoms. The minimum absolute atomic E-state index is 0.293. The van der Waals surface area contributed by atoms with Gasteiger partial charge in [0.2, 0.25) is 0 Å². The summed E-state index contributed by atoms with van der Waals surface area (Å²) in [5, 5.41) is 11.5. The van der Waals surface area contributed by atoms with Crippen LogP contribution in [0.25, 0.3) is 27.6 Å². The van der Waals surface area contributed by atoms with Crippen LogP contribution in [0.4, 0.5) is 0 Å². The smallest absolute Gasteiger partial charge is 0.195 e. The molecular weight excluding hydrogens is 328 g/mol. The van der Waals surface area contributed by atoms with E-state index < -0.39 is 0 Å². The largest absolute Gasteiger partial charge is 0.285 e. The molecule has 5 heteroatoms. The highest BCUT2D eigenvalue weighted by Crippen LogP contribution is 2.34. The number of fused-ring (bicyclic) bond motifs is 1. The molecule has 4 aromatic rings. The molecule has 0 N–H and O–H groups in total. The fraction of sp³-hybridized carbons (Fsp3) is 0.150. The Bertz CT molecular complexity index is 1100. The first-order valence-corrected chi connectivity index (χ1v) is 8.92. The molecule has 4 nitrogen and oxygen atoms in total. The Morgan fingerprint density at radius 1 is 1.20 bits per heavy atom. The molecule has 0 atom stereocenters. The van der Waals surface area contributed by atoms with Crippen LogP contribution in [0, 0.1) is 25.2 Å². The van der Waals surface area contributed by atoms with Gasteiger partial charge in [-0.1, -0.05) is 29.8 Å². The molecular formula is C20H16N4S. The van der Waals surface area contributed by atoms with Gasteiger partial charge in [0.1, 0.15) is 5.69 Å². The van der Waals surface area contributed by atoms with Gasteiger partial charge in [-0.25, -0.2) is 4.98 Å². The van der Waals surface area contributed by atoms with Crippen LogP contribution >= 0.6 is 11.3 Å². The Balaban J connectivity index is 1.99. The molecule has 0 amide bonds. The van der Waals surface area contributed by atoms with Gasteiger partial charge in [0, 0.05) is 17.1 Å². The lowest BCUT2D eigenvalue weighted by Crippen LogP contribution is -1.97. The van der Waals surface area contributed by atoms with Crippen molar-refractivity contribution in [2.75, 3.05) is 0 Å². The average Bonchev–Trinajstić information content (AvgIpc) is 3.17. The van der Waals surface area contributed by atoms with Gasteiger partial charge in [0.05, 0.1) is 29.6 Å². The minimum atomic E-state index is 0.293. The molecule has 0 bridgehead atoms. The van der Waals surface area contributed by atoms with Crippen LogP contribution in [0.2, 0.25) is 0 Å². The number of pyridine rings is 1. The van der Waals surface area contributed by atoms with Crippen molar-refractivity contribution in [3.63, 3.8) is 0 Å². The third-order valence-corrected chi connectivity index (χ3v) is 5.10. The monoisotopic (exact) mass is 344 g/mol. The Hall–Kier alpha value is -2.97. The summed E-state index contributed by atoms with van der Waals surface area (Å²) in [6.07, 6.45) is 2.05. The van der Waals surface area contributed by atoms with Crippen molar-refractivity contribution in [2.45, 2.75) is 20.3 Å². The topological polar surface area (TPSA) is 54.0 Å². The van der Waals surface area contributed by atoms with E-state index in [0.29, 0.717) is 6.42 Å². The molecule has 0 aliphatic carbocycles. The van der Waals surface area contributed by atoms with Crippen LogP contribution in [0.1, 0.15) is 16.8 Å². The second-order valence-electron chi connectivity index (χ2n) is 6.01. The predicted octanol–water partition coefficient (Wildman–Crippen LogP) is 4.81. The Kier molecular flexibility index (Phi) is 3.83. The second kappa shape index (κ2) is 6.15. The van der Waals surface area contributed by atoms with E-state index in [1.807, 2.05) is 18.2 Å². The third kappa shape index (κ3) is 2.61. The van der Waals surface area contributed by atoms with Crippen LogP contribution in [0.15, 0.2) is 48.0 Å². The van der Waals surface area contributed by atoms with E-state index in [2.05, 4.69) is 52.9 Å². The van der Waals surface area contributed by atoms with E-state index in [1.54, 1.807) is 17.5 Å². The van der Waals surface area contributed by atoms with E-state index in [0.717, 1.165) is 27.7 Å². The number of imidazole rings is 1. The first-order valence-electron chi connectivity index (χ1n) is 8.04. The third-order valence-electron chi connectivity index (χ3n) is 4.27. The molecule has 3 aromatic heterocycles. The van der Waals surface area contributed by atoms with Crippen LogP contribution in [-0.2, 0) is 6.42 Å². The molecule has 25 heavy (non-hydrogen) atoms. The Morgan fingerprint density at radius 3 is 2.80 bits per heavy atom. The molecule has 1 aromatic carbocycles. The predicted molar refractivity (Wildman–Crippen MR) is 101 cm³/mol. The van der Waals surface area contributed by atoms with Crippen LogP contribution < -0.4 is 0 Å². The zero-order valence-electron chi connectivity index (χ0n) is 14.0. The highest BCUT2D eigenvalue weighted by molar-refractivity contribution is 7.15. The highest BCUT2D eigenvalue weighted by Gasteiger charge is 2.19. The van der Waals surface area contributed by atoms with Crippen molar-refractivity contribution in [2.24, 2.45) is 0 Å². The van der Waals surface area contributed by atoms with Crippen LogP contribution in [-0.4, -0.2) is 14.4 Å². The summed E-state index contributed by atoms with van der Waals surface area (Å²) in [7, 11) is 0. The fourth-order valence-electron chi connectivity index (χ4n) is 3.15. The van der Waals surface area contributed by atoms with Gasteiger partial charge in [-0.2, -0.15) is 5.26 Å². The van der Waals surface area contributed by atoms with E-state index in [9.17, 15) is 5.26 Å². The van der Waals surface area contributed by atoms with E-state index in [-0.39, 0.29) is 0 Å². The van der Waals surface area contributed by atoms with Gasteiger partial charge in [0.15, 0.2) is 4.96 Å². The normalized spacial score (nSPS) is 10.9. The lowest BCUT2D eigenvalue weighted by Gasteiger charge is -2.08. The summed E-state index contributed by atoms with van der Waals surface area (Å²) >= 11 is 1.59. The summed E-state index contributed by atoms with van der Waals surface area (Å²) in [6.45, 7) is 4.21. The van der Waals surface area contributed by atoms with Crippen molar-refractivity contribution in [1.82, 2.24) is 14.4 Å². The maximum absolute atomic E-state index is 9.35. The standard InChI is InChI=1S/C20H16N4S/c1-13-6-7-15(14(2)11-13)18-12-25-20-23-19(16-5-3-4-10-22-16)17(8-9-21)24(18)20/h3-7,10-12H,8H2,1-2H3. The maximum atomic E-state index is 9.35. The zero-order valence-corrected chi connectivity index (χ0v) is 14.8. The SMILES string of the molecule is Cc1ccc(-c2csc3nc(-c4ccccn4)c(CC#N)n23)c(C)c1. The molecule has 122 valence electrons. The first kappa shape index (κ1) is 15.6. The van der Waals surface area contributed by atoms with Gasteiger partial charge >= 0.3 is 0 Å². The van der Waals surface area contributed by atoms with E-state index in [4.69, 9.17) is 4.98 Å². The number of hydrogen-bond acceptors (Lipinski definition) is 4. The lowest BCUT2D eigenvalue weighted by atomic mass is 10.0. The Labute approximate surface area is 150 Å². The minimum Gasteiger partial charge on any atom is -0.285 e. The number of benzene rings is 1. The number of rotatable bonds is 3. The molecule has 0 aliphatic heterocycles. The number of nitrogens with zero attached hydrogens (tertiary/aromatic N) is 4. The number of nitriles is 1. The average molecular weight is 344 g/mol. The van der Waals surface area contributed by atoms with Crippen LogP contribution in [0.3, 0.4) is 0 Å². The highest BCUT2D eigenvalue weighted by atomic mass is 32.1. The first-order chi connectivity index (χ1) is 12.2. The maximum Gasteiger partial charge on any atom is 0.195 e. The van der Waals surface area contributed by atoms with Crippen molar-refractivity contribution in [3.8, 4) is 28.7 Å². The van der Waals surface area contributed by atoms with Crippen molar-refractivity contribution < 1.29 is 0 Å². The van der Waals surface area contributed by atoms with Crippen molar-refractivity contribution in [3.05, 3.63) is 64.8 Å². The lowest BCUT2D eigenvalue weighted by molar-refractivity contribution is 1.07. The molecule has 0 saturated heterocycles. The molecule has 0 aliphatic rings. The quantitative estimate of drug-likeness (QED) is 0.536. The number of aryl methyl sites for hydroxylation is 2. The summed E-state index contributed by atoms with van der Waals surface area (Å²) in [4.78, 5) is 10.1. The molecule has 0 unspecified atom stereocenters. The van der Waals surface area contributed by atoms with Crippen LogP contribution in [0.5, 0.6) is 0 Å². The second-order valence-corrected chi connectivity index (χ2v) is 6.85. The number of hydrogen-bond donors (Lipinski definition) is 0. The zero-order chi connectivity index (χ0) is 17.4. The van der Waals surface area contributed by atoms with E-state index >= 15 is 0 Å². The van der Waals surface area contributed by atoms with Gasteiger partial charge in [0.25, 0.3) is 0 Å². The van der Waals surface area contributed by atoms with Gasteiger partial charge < -0.3 is 0 Å². The molecule has 0 fully saturated rings. The molecule has 0 saturated carbocycles. The summed E-state index contributed by atoms with van der Waals surface area (Å²) in [5.74, 6) is 0. The molecule has 4 rings (SSSR count). The number of aromatic nitrogens is 3. The Morgan fingerprint density at radius 2 is 2.08 bits per heavy atom. The summed E-state index contributed by atoms with van der Waals surface area (Å²) in [5.41, 5.74) is 7.20. The van der Waals surface area contributed by atoms with E-state index in [1.165, 1.54) is 16.7 Å². The summed E-state index contributed by atoms with van der Waals surface area (Å²) in [6, 6.07) is 14.5. The molecule has 3 heterocycles. The van der Waals surface area contributed by atoms with Gasteiger partial charge in [-0.3, -0.25) is 9.38 Å². The van der Waals surface area contributed by atoms with Gasteiger partial charge in [-0.15, -0.1) is 11.3 Å².